The monoisotopic (exact) mass is 266 g/mol. The first kappa shape index (κ1) is 14.0. The van der Waals surface area contributed by atoms with Gasteiger partial charge in [-0.25, -0.2) is 4.39 Å². The van der Waals surface area contributed by atoms with E-state index in [9.17, 15) is 9.18 Å². The summed E-state index contributed by atoms with van der Waals surface area (Å²) < 4.78 is 17.5. The van der Waals surface area contributed by atoms with Crippen LogP contribution < -0.4 is 5.32 Å². The highest BCUT2D eigenvalue weighted by Gasteiger charge is 2.21. The van der Waals surface area contributed by atoms with Crippen molar-refractivity contribution in [2.75, 3.05) is 26.7 Å². The van der Waals surface area contributed by atoms with Gasteiger partial charge in [-0.2, -0.15) is 0 Å². The number of piperazine rings is 1. The summed E-state index contributed by atoms with van der Waals surface area (Å²) in [5.74, 6) is -0.409. The summed E-state index contributed by atoms with van der Waals surface area (Å²) in [6.45, 7) is 3.35. The summed E-state index contributed by atoms with van der Waals surface area (Å²) in [5.41, 5.74) is 1.08. The maximum Gasteiger partial charge on any atom is 0.307 e. The van der Waals surface area contributed by atoms with Gasteiger partial charge in [0, 0.05) is 32.2 Å². The van der Waals surface area contributed by atoms with Crippen LogP contribution in [0.4, 0.5) is 4.39 Å². The van der Waals surface area contributed by atoms with E-state index in [0.717, 1.165) is 31.7 Å². The molecule has 1 unspecified atom stereocenters. The zero-order valence-corrected chi connectivity index (χ0v) is 11.1. The lowest BCUT2D eigenvalue weighted by Gasteiger charge is -2.33. The largest absolute Gasteiger partial charge is 0.469 e. The zero-order chi connectivity index (χ0) is 13.7. The second-order valence-electron chi connectivity index (χ2n) is 4.79. The Morgan fingerprint density at radius 2 is 2.21 bits per heavy atom. The molecule has 2 rings (SSSR count). The molecule has 0 bridgehead atoms. The zero-order valence-electron chi connectivity index (χ0n) is 11.1. The van der Waals surface area contributed by atoms with Crippen molar-refractivity contribution in [1.82, 2.24) is 10.2 Å². The number of rotatable bonds is 4. The van der Waals surface area contributed by atoms with E-state index in [-0.39, 0.29) is 17.8 Å². The van der Waals surface area contributed by atoms with Crippen molar-refractivity contribution in [2.24, 2.45) is 0 Å². The van der Waals surface area contributed by atoms with Gasteiger partial charge in [-0.05, 0) is 17.7 Å². The maximum absolute atomic E-state index is 12.8. The van der Waals surface area contributed by atoms with E-state index in [4.69, 9.17) is 0 Å². The van der Waals surface area contributed by atoms with Crippen molar-refractivity contribution in [1.29, 1.82) is 0 Å². The van der Waals surface area contributed by atoms with Gasteiger partial charge in [0.15, 0.2) is 0 Å². The lowest BCUT2D eigenvalue weighted by atomic mass is 10.1. The number of hydrogen-bond acceptors (Lipinski definition) is 4. The summed E-state index contributed by atoms with van der Waals surface area (Å²) in [6.07, 6.45) is 0.385. The Hall–Kier alpha value is -1.46. The minimum atomic E-state index is -0.215. The summed E-state index contributed by atoms with van der Waals surface area (Å²) in [6, 6.07) is 6.67. The van der Waals surface area contributed by atoms with Crippen LogP contribution in [0.2, 0.25) is 0 Å². The Morgan fingerprint density at radius 3 is 2.89 bits per heavy atom. The Kier molecular flexibility index (Phi) is 4.87. The molecule has 0 aliphatic carbocycles. The first-order valence-electron chi connectivity index (χ1n) is 6.44. The van der Waals surface area contributed by atoms with Gasteiger partial charge >= 0.3 is 5.97 Å². The number of halogens is 1. The van der Waals surface area contributed by atoms with Crippen LogP contribution in [0.25, 0.3) is 0 Å². The van der Waals surface area contributed by atoms with E-state index < -0.39 is 0 Å². The van der Waals surface area contributed by atoms with Crippen LogP contribution in [0.1, 0.15) is 12.0 Å². The molecule has 4 nitrogen and oxygen atoms in total. The van der Waals surface area contributed by atoms with Crippen LogP contribution in [0, 0.1) is 5.82 Å². The van der Waals surface area contributed by atoms with Gasteiger partial charge in [0.1, 0.15) is 5.82 Å². The van der Waals surface area contributed by atoms with Crippen molar-refractivity contribution >= 4 is 5.97 Å². The van der Waals surface area contributed by atoms with Crippen LogP contribution in [0.15, 0.2) is 24.3 Å². The first-order chi connectivity index (χ1) is 9.17. The van der Waals surface area contributed by atoms with Crippen molar-refractivity contribution in [3.63, 3.8) is 0 Å². The molecule has 19 heavy (non-hydrogen) atoms. The fraction of sp³-hybridized carbons (Fsp3) is 0.500. The third-order valence-electron chi connectivity index (χ3n) is 3.30. The highest BCUT2D eigenvalue weighted by Crippen LogP contribution is 2.10. The molecule has 0 radical (unpaired) electrons. The average Bonchev–Trinajstić information content (AvgIpc) is 2.42. The number of benzene rings is 1. The molecule has 0 spiro atoms. The smallest absolute Gasteiger partial charge is 0.307 e. The Bertz CT molecular complexity index is 422. The van der Waals surface area contributed by atoms with E-state index in [2.05, 4.69) is 15.0 Å². The first-order valence-corrected chi connectivity index (χ1v) is 6.44. The van der Waals surface area contributed by atoms with Gasteiger partial charge in [0.05, 0.1) is 13.5 Å². The fourth-order valence-corrected chi connectivity index (χ4v) is 2.31. The van der Waals surface area contributed by atoms with E-state index in [1.807, 2.05) is 0 Å². The van der Waals surface area contributed by atoms with Gasteiger partial charge in [0.25, 0.3) is 0 Å². The van der Waals surface area contributed by atoms with Gasteiger partial charge in [-0.3, -0.25) is 9.69 Å². The minimum Gasteiger partial charge on any atom is -0.469 e. The van der Waals surface area contributed by atoms with Crippen molar-refractivity contribution in [3.05, 3.63) is 35.6 Å². The van der Waals surface area contributed by atoms with E-state index in [0.29, 0.717) is 6.42 Å². The van der Waals surface area contributed by atoms with Crippen LogP contribution in [0.3, 0.4) is 0 Å². The molecule has 1 atom stereocenters. The molecule has 0 aromatic heterocycles. The maximum atomic E-state index is 12.8. The highest BCUT2D eigenvalue weighted by atomic mass is 19.1. The summed E-state index contributed by atoms with van der Waals surface area (Å²) >= 11 is 0. The van der Waals surface area contributed by atoms with Crippen LogP contribution in [-0.4, -0.2) is 43.7 Å². The lowest BCUT2D eigenvalue weighted by molar-refractivity contribution is -0.141. The Morgan fingerprint density at radius 1 is 1.47 bits per heavy atom. The number of carbonyl (C=O) groups is 1. The number of esters is 1. The van der Waals surface area contributed by atoms with E-state index in [1.54, 1.807) is 12.1 Å². The van der Waals surface area contributed by atoms with E-state index >= 15 is 0 Å². The second-order valence-corrected chi connectivity index (χ2v) is 4.79. The molecule has 1 aromatic rings. The Balaban J connectivity index is 1.87. The van der Waals surface area contributed by atoms with Gasteiger partial charge < -0.3 is 10.1 Å². The summed E-state index contributed by atoms with van der Waals surface area (Å²) in [5, 5.41) is 3.31. The standard InChI is InChI=1S/C14H19FN2O2/c1-19-14(18)8-13-10-17(7-6-16-13)9-11-2-4-12(15)5-3-11/h2-5,13,16H,6-10H2,1H3. The van der Waals surface area contributed by atoms with Gasteiger partial charge in [0.2, 0.25) is 0 Å². The highest BCUT2D eigenvalue weighted by molar-refractivity contribution is 5.69. The average molecular weight is 266 g/mol. The predicted octanol–water partition coefficient (Wildman–Crippen LogP) is 1.16. The molecular weight excluding hydrogens is 247 g/mol. The molecular formula is C14H19FN2O2. The molecule has 1 aliphatic heterocycles. The molecule has 0 amide bonds. The quantitative estimate of drug-likeness (QED) is 0.831. The molecule has 1 heterocycles. The Labute approximate surface area is 112 Å². The molecule has 1 saturated heterocycles. The lowest BCUT2D eigenvalue weighted by Crippen LogP contribution is -2.51. The van der Waals surface area contributed by atoms with Crippen LogP contribution in [0.5, 0.6) is 0 Å². The third kappa shape index (κ3) is 4.29. The number of nitrogens with one attached hydrogen (secondary N) is 1. The number of carbonyl (C=O) groups excluding carboxylic acids is 1. The second kappa shape index (κ2) is 6.63. The van der Waals surface area contributed by atoms with E-state index in [1.165, 1.54) is 19.2 Å². The normalized spacial score (nSPS) is 20.2. The molecule has 0 saturated carbocycles. The SMILES string of the molecule is COC(=O)CC1CN(Cc2ccc(F)cc2)CCN1. The number of nitrogens with zero attached hydrogens (tertiary/aromatic N) is 1. The fourth-order valence-electron chi connectivity index (χ4n) is 2.31. The van der Waals surface area contributed by atoms with Gasteiger partial charge in [-0.1, -0.05) is 12.1 Å². The molecule has 1 aliphatic rings. The number of hydrogen-bond donors (Lipinski definition) is 1. The predicted molar refractivity (Wildman–Crippen MR) is 70.1 cm³/mol. The number of methoxy groups -OCH3 is 1. The van der Waals surface area contributed by atoms with Crippen LogP contribution >= 0.6 is 0 Å². The van der Waals surface area contributed by atoms with Crippen molar-refractivity contribution in [3.8, 4) is 0 Å². The number of ether oxygens (including phenoxy) is 1. The summed E-state index contributed by atoms with van der Waals surface area (Å²) in [7, 11) is 1.40. The third-order valence-corrected chi connectivity index (χ3v) is 3.30. The molecule has 104 valence electrons. The molecule has 1 aromatic carbocycles. The summed E-state index contributed by atoms with van der Waals surface area (Å²) in [4.78, 5) is 13.5. The topological polar surface area (TPSA) is 41.6 Å². The van der Waals surface area contributed by atoms with Crippen molar-refractivity contribution < 1.29 is 13.9 Å². The molecule has 5 heteroatoms. The van der Waals surface area contributed by atoms with Crippen molar-refractivity contribution in [2.45, 2.75) is 19.0 Å². The molecule has 1 N–H and O–H groups in total. The minimum absolute atomic E-state index is 0.127. The van der Waals surface area contributed by atoms with Gasteiger partial charge in [-0.15, -0.1) is 0 Å². The van der Waals surface area contributed by atoms with Crippen LogP contribution in [-0.2, 0) is 16.1 Å². The molecule has 1 fully saturated rings.